The third-order valence-corrected chi connectivity index (χ3v) is 4.05. The van der Waals surface area contributed by atoms with E-state index in [1.807, 2.05) is 0 Å². The molecule has 0 aliphatic heterocycles. The van der Waals surface area contributed by atoms with Crippen LogP contribution in [-0.4, -0.2) is 48.4 Å². The fourth-order valence-corrected chi connectivity index (χ4v) is 2.76. The van der Waals surface area contributed by atoms with E-state index in [4.69, 9.17) is 5.11 Å². The van der Waals surface area contributed by atoms with E-state index in [1.54, 1.807) is 13.8 Å². The molecule has 1 rings (SSSR count). The Morgan fingerprint density at radius 2 is 2.10 bits per heavy atom. The van der Waals surface area contributed by atoms with Gasteiger partial charge in [-0.15, -0.1) is 0 Å². The lowest BCUT2D eigenvalue weighted by Gasteiger charge is -2.17. The first-order valence-electron chi connectivity index (χ1n) is 6.01. The number of nitrogens with zero attached hydrogens (tertiary/aromatic N) is 2. The summed E-state index contributed by atoms with van der Waals surface area (Å²) in [6.07, 6.45) is 2.16. The fraction of sp³-hybridized carbons (Fsp3) is 0.545. The topological polar surface area (TPSA) is 128 Å². The molecular weight excluding hydrogens is 302 g/mol. The van der Waals surface area contributed by atoms with Crippen molar-refractivity contribution >= 4 is 22.0 Å². The number of sulfonamides is 1. The van der Waals surface area contributed by atoms with Crippen LogP contribution in [0.15, 0.2) is 17.3 Å². The van der Waals surface area contributed by atoms with Gasteiger partial charge in [-0.25, -0.2) is 8.42 Å². The Balaban J connectivity index is 2.93. The number of esters is 1. The number of nitrogens with one attached hydrogen (secondary N) is 1. The van der Waals surface area contributed by atoms with Crippen molar-refractivity contribution in [2.75, 3.05) is 7.11 Å². The molecule has 0 aliphatic carbocycles. The van der Waals surface area contributed by atoms with Crippen LogP contribution in [0.25, 0.3) is 0 Å². The number of hydrogen-bond donors (Lipinski definition) is 2. The standard InChI is InChI=1S/C11H17N3O6S/c1-7(2)10(11(16)17)13-21(18,19)8-4-12-14(5-8)6-9(15)20-3/h4-5,7,10,13H,6H2,1-3H3,(H,16,17)/t10-/m1/s1. The molecule has 10 heteroatoms. The molecule has 0 saturated heterocycles. The molecule has 0 saturated carbocycles. The van der Waals surface area contributed by atoms with Crippen LogP contribution in [0.4, 0.5) is 0 Å². The maximum absolute atomic E-state index is 12.1. The van der Waals surface area contributed by atoms with Gasteiger partial charge in [-0.05, 0) is 5.92 Å². The molecule has 118 valence electrons. The van der Waals surface area contributed by atoms with E-state index in [2.05, 4.69) is 14.6 Å². The van der Waals surface area contributed by atoms with Crippen LogP contribution in [-0.2, 0) is 30.9 Å². The molecule has 0 unspecified atom stereocenters. The number of carbonyl (C=O) groups is 2. The van der Waals surface area contributed by atoms with Crippen molar-refractivity contribution in [1.82, 2.24) is 14.5 Å². The van der Waals surface area contributed by atoms with Crippen molar-refractivity contribution < 1.29 is 27.9 Å². The van der Waals surface area contributed by atoms with Crippen LogP contribution in [0.1, 0.15) is 13.8 Å². The molecule has 2 N–H and O–H groups in total. The summed E-state index contributed by atoms with van der Waals surface area (Å²) >= 11 is 0. The lowest BCUT2D eigenvalue weighted by molar-refractivity contribution is -0.141. The number of ether oxygens (including phenoxy) is 1. The highest BCUT2D eigenvalue weighted by molar-refractivity contribution is 7.89. The fourth-order valence-electron chi connectivity index (χ4n) is 1.47. The summed E-state index contributed by atoms with van der Waals surface area (Å²) in [5.74, 6) is -2.28. The maximum atomic E-state index is 12.1. The largest absolute Gasteiger partial charge is 0.480 e. The van der Waals surface area contributed by atoms with Crippen LogP contribution in [0.5, 0.6) is 0 Å². The second-order valence-electron chi connectivity index (χ2n) is 4.63. The number of carbonyl (C=O) groups excluding carboxylic acids is 1. The van der Waals surface area contributed by atoms with Crippen LogP contribution in [0, 0.1) is 5.92 Å². The number of rotatable bonds is 7. The Kier molecular flexibility index (Phi) is 5.44. The number of aromatic nitrogens is 2. The van der Waals surface area contributed by atoms with E-state index in [1.165, 1.54) is 7.11 Å². The summed E-state index contributed by atoms with van der Waals surface area (Å²) in [4.78, 5) is 21.9. The second kappa shape index (κ2) is 6.68. The smallest absolute Gasteiger partial charge is 0.327 e. The van der Waals surface area contributed by atoms with Gasteiger partial charge in [0.1, 0.15) is 17.5 Å². The average molecular weight is 319 g/mol. The minimum atomic E-state index is -4.04. The minimum Gasteiger partial charge on any atom is -0.480 e. The number of methoxy groups -OCH3 is 1. The van der Waals surface area contributed by atoms with Gasteiger partial charge in [0.05, 0.1) is 13.3 Å². The van der Waals surface area contributed by atoms with Gasteiger partial charge in [0.15, 0.2) is 0 Å². The van der Waals surface area contributed by atoms with Gasteiger partial charge in [-0.2, -0.15) is 9.82 Å². The molecule has 1 aromatic rings. The van der Waals surface area contributed by atoms with Crippen LogP contribution in [0.2, 0.25) is 0 Å². The lowest BCUT2D eigenvalue weighted by atomic mass is 10.1. The molecule has 0 fully saturated rings. The van der Waals surface area contributed by atoms with Gasteiger partial charge in [0.25, 0.3) is 0 Å². The van der Waals surface area contributed by atoms with Crippen LogP contribution in [0.3, 0.4) is 0 Å². The molecule has 21 heavy (non-hydrogen) atoms. The molecular formula is C11H17N3O6S. The molecule has 0 amide bonds. The van der Waals surface area contributed by atoms with Gasteiger partial charge in [-0.1, -0.05) is 13.8 Å². The van der Waals surface area contributed by atoms with Gasteiger partial charge >= 0.3 is 11.9 Å². The highest BCUT2D eigenvalue weighted by Crippen LogP contribution is 2.11. The van der Waals surface area contributed by atoms with E-state index < -0.39 is 33.9 Å². The first-order chi connectivity index (χ1) is 9.67. The number of carboxylic acids is 1. The van der Waals surface area contributed by atoms with E-state index >= 15 is 0 Å². The van der Waals surface area contributed by atoms with Crippen molar-refractivity contribution in [1.29, 1.82) is 0 Å². The molecule has 0 aliphatic rings. The summed E-state index contributed by atoms with van der Waals surface area (Å²) < 4.78 is 31.8. The highest BCUT2D eigenvalue weighted by Gasteiger charge is 2.28. The SMILES string of the molecule is COC(=O)Cn1cc(S(=O)(=O)N[C@@H](C(=O)O)C(C)C)cn1. The molecule has 1 heterocycles. The molecule has 0 aromatic carbocycles. The van der Waals surface area contributed by atoms with Crippen LogP contribution < -0.4 is 4.72 Å². The van der Waals surface area contributed by atoms with Crippen molar-refractivity contribution in [3.05, 3.63) is 12.4 Å². The third kappa shape index (κ3) is 4.53. The van der Waals surface area contributed by atoms with E-state index in [9.17, 15) is 18.0 Å². The van der Waals surface area contributed by atoms with Crippen molar-refractivity contribution in [2.24, 2.45) is 5.92 Å². The predicted molar refractivity (Wildman–Crippen MR) is 70.8 cm³/mol. The minimum absolute atomic E-state index is 0.224. The zero-order valence-corrected chi connectivity index (χ0v) is 12.6. The molecule has 0 radical (unpaired) electrons. The maximum Gasteiger partial charge on any atom is 0.327 e. The summed E-state index contributed by atoms with van der Waals surface area (Å²) in [5, 5.41) is 12.7. The van der Waals surface area contributed by atoms with Crippen molar-refractivity contribution in [2.45, 2.75) is 31.3 Å². The zero-order valence-electron chi connectivity index (χ0n) is 11.8. The molecule has 0 bridgehead atoms. The lowest BCUT2D eigenvalue weighted by Crippen LogP contribution is -2.44. The van der Waals surface area contributed by atoms with Crippen molar-refractivity contribution in [3.63, 3.8) is 0 Å². The molecule has 1 atom stereocenters. The Morgan fingerprint density at radius 3 is 2.57 bits per heavy atom. The van der Waals surface area contributed by atoms with E-state index in [-0.39, 0.29) is 11.4 Å². The van der Waals surface area contributed by atoms with Gasteiger partial charge in [0, 0.05) is 6.20 Å². The Bertz CT molecular complexity index is 622. The average Bonchev–Trinajstić information content (AvgIpc) is 2.84. The summed E-state index contributed by atoms with van der Waals surface area (Å²) in [6, 6.07) is -1.25. The zero-order chi connectivity index (χ0) is 16.2. The second-order valence-corrected chi connectivity index (χ2v) is 6.34. The normalized spacial score (nSPS) is 13.1. The first kappa shape index (κ1) is 17.1. The third-order valence-electron chi connectivity index (χ3n) is 2.65. The Hall–Kier alpha value is -1.94. The quantitative estimate of drug-likeness (QED) is 0.645. The monoisotopic (exact) mass is 319 g/mol. The summed E-state index contributed by atoms with van der Waals surface area (Å²) in [6.45, 7) is 2.93. The number of aliphatic carboxylic acids is 1. The number of hydrogen-bond acceptors (Lipinski definition) is 6. The van der Waals surface area contributed by atoms with Gasteiger partial charge in [-0.3, -0.25) is 14.3 Å². The van der Waals surface area contributed by atoms with Crippen molar-refractivity contribution in [3.8, 4) is 0 Å². The Morgan fingerprint density at radius 1 is 1.48 bits per heavy atom. The molecule has 1 aromatic heterocycles. The summed E-state index contributed by atoms with van der Waals surface area (Å²) in [7, 11) is -2.84. The molecule has 0 spiro atoms. The first-order valence-corrected chi connectivity index (χ1v) is 7.50. The highest BCUT2D eigenvalue weighted by atomic mass is 32.2. The number of carboxylic acid groups (broad SMARTS) is 1. The van der Waals surface area contributed by atoms with E-state index in [0.29, 0.717) is 0 Å². The van der Waals surface area contributed by atoms with E-state index in [0.717, 1.165) is 17.1 Å². The van der Waals surface area contributed by atoms with Gasteiger partial charge < -0.3 is 9.84 Å². The van der Waals surface area contributed by atoms with Gasteiger partial charge in [0.2, 0.25) is 10.0 Å². The van der Waals surface area contributed by atoms with Crippen LogP contribution >= 0.6 is 0 Å². The predicted octanol–water partition coefficient (Wildman–Crippen LogP) is -0.556. The Labute approximate surface area is 121 Å². The summed E-state index contributed by atoms with van der Waals surface area (Å²) in [5.41, 5.74) is 0. The molecule has 9 nitrogen and oxygen atoms in total.